The highest BCUT2D eigenvalue weighted by Gasteiger charge is 2.19. The maximum absolute atomic E-state index is 12.1. The lowest BCUT2D eigenvalue weighted by Gasteiger charge is -2.13. The molecule has 0 radical (unpaired) electrons. The second kappa shape index (κ2) is 7.52. The Kier molecular flexibility index (Phi) is 5.68. The minimum absolute atomic E-state index is 0.246. The number of anilines is 1. The van der Waals surface area contributed by atoms with E-state index in [1.807, 2.05) is 13.8 Å². The topological polar surface area (TPSA) is 84.0 Å². The molecule has 2 aromatic rings. The molecule has 1 aromatic heterocycles. The molecule has 2 N–H and O–H groups in total. The molecule has 1 heterocycles. The maximum Gasteiger partial charge on any atom is 0.253 e. The van der Waals surface area contributed by atoms with Gasteiger partial charge >= 0.3 is 0 Å². The number of aromatic nitrogens is 2. The van der Waals surface area contributed by atoms with E-state index in [0.29, 0.717) is 15.7 Å². The number of carbonyl (C=O) groups is 2. The van der Waals surface area contributed by atoms with E-state index in [9.17, 15) is 9.59 Å². The molecule has 1 aromatic carbocycles. The molecule has 0 bridgehead atoms. The first kappa shape index (κ1) is 17.4. The molecule has 1 atom stereocenters. The van der Waals surface area contributed by atoms with Crippen molar-refractivity contribution in [1.29, 1.82) is 0 Å². The zero-order chi connectivity index (χ0) is 17.0. The van der Waals surface area contributed by atoms with Gasteiger partial charge in [-0.1, -0.05) is 48.9 Å². The Bertz CT molecular complexity index is 717. The molecule has 2 rings (SSSR count). The van der Waals surface area contributed by atoms with Crippen molar-refractivity contribution in [1.82, 2.24) is 15.5 Å². The first-order chi connectivity index (χ1) is 10.9. The van der Waals surface area contributed by atoms with Crippen LogP contribution in [0, 0.1) is 0 Å². The fourth-order valence-corrected chi connectivity index (χ4v) is 2.69. The molecule has 2 amide bonds. The van der Waals surface area contributed by atoms with Crippen LogP contribution >= 0.6 is 22.9 Å². The molecule has 122 valence electrons. The minimum Gasteiger partial charge on any atom is -0.340 e. The summed E-state index contributed by atoms with van der Waals surface area (Å²) in [5.74, 6) is -0.522. The van der Waals surface area contributed by atoms with Crippen LogP contribution in [-0.2, 0) is 4.79 Å². The molecule has 0 spiro atoms. The van der Waals surface area contributed by atoms with Gasteiger partial charge in [-0.2, -0.15) is 0 Å². The average Bonchev–Trinajstić information content (AvgIpc) is 2.96. The fraction of sp³-hybridized carbons (Fsp3) is 0.333. The monoisotopic (exact) mass is 352 g/mol. The maximum atomic E-state index is 12.1. The molecule has 0 aliphatic carbocycles. The predicted octanol–water partition coefficient (Wildman–Crippen LogP) is 3.07. The number of amides is 2. The lowest BCUT2D eigenvalue weighted by Crippen LogP contribution is -2.41. The van der Waals surface area contributed by atoms with E-state index in [0.717, 1.165) is 5.01 Å². The van der Waals surface area contributed by atoms with Gasteiger partial charge in [-0.25, -0.2) is 0 Å². The molecule has 0 fully saturated rings. The van der Waals surface area contributed by atoms with E-state index in [1.54, 1.807) is 31.2 Å². The highest BCUT2D eigenvalue weighted by Crippen LogP contribution is 2.22. The van der Waals surface area contributed by atoms with Crippen molar-refractivity contribution in [3.8, 4) is 0 Å². The summed E-state index contributed by atoms with van der Waals surface area (Å²) in [6.07, 6.45) is 0. The van der Waals surface area contributed by atoms with Crippen molar-refractivity contribution in [2.75, 3.05) is 5.32 Å². The van der Waals surface area contributed by atoms with Crippen LogP contribution in [0.1, 0.15) is 42.1 Å². The van der Waals surface area contributed by atoms with Crippen LogP contribution in [0.25, 0.3) is 0 Å². The van der Waals surface area contributed by atoms with Crippen LogP contribution < -0.4 is 10.6 Å². The summed E-state index contributed by atoms with van der Waals surface area (Å²) in [5, 5.41) is 14.8. The molecule has 0 saturated carbocycles. The Morgan fingerprint density at radius 3 is 2.48 bits per heavy atom. The number of rotatable bonds is 5. The number of benzene rings is 1. The molecule has 0 aliphatic rings. The fourth-order valence-electron chi connectivity index (χ4n) is 1.72. The second-order valence-corrected chi connectivity index (χ2v) is 6.68. The molecule has 6 nitrogen and oxygen atoms in total. The number of hydrogen-bond donors (Lipinski definition) is 2. The Hall–Kier alpha value is -1.99. The van der Waals surface area contributed by atoms with Crippen LogP contribution in [0.15, 0.2) is 24.3 Å². The van der Waals surface area contributed by atoms with E-state index in [4.69, 9.17) is 11.6 Å². The Morgan fingerprint density at radius 1 is 1.17 bits per heavy atom. The quantitative estimate of drug-likeness (QED) is 0.866. The van der Waals surface area contributed by atoms with Gasteiger partial charge in [0.2, 0.25) is 11.0 Å². The van der Waals surface area contributed by atoms with Gasteiger partial charge in [-0.05, 0) is 19.1 Å². The van der Waals surface area contributed by atoms with Crippen LogP contribution in [0.2, 0.25) is 5.02 Å². The molecule has 1 unspecified atom stereocenters. The zero-order valence-electron chi connectivity index (χ0n) is 13.0. The summed E-state index contributed by atoms with van der Waals surface area (Å²) in [6.45, 7) is 5.59. The van der Waals surface area contributed by atoms with E-state index in [2.05, 4.69) is 20.8 Å². The van der Waals surface area contributed by atoms with Crippen LogP contribution in [0.4, 0.5) is 5.13 Å². The third kappa shape index (κ3) is 4.49. The van der Waals surface area contributed by atoms with Gasteiger partial charge in [0.25, 0.3) is 5.91 Å². The molecular weight excluding hydrogens is 336 g/mol. The van der Waals surface area contributed by atoms with Gasteiger partial charge in [0, 0.05) is 5.92 Å². The summed E-state index contributed by atoms with van der Waals surface area (Å²) < 4.78 is 0. The van der Waals surface area contributed by atoms with Gasteiger partial charge in [-0.15, -0.1) is 10.2 Å². The second-order valence-electron chi connectivity index (χ2n) is 5.26. The Labute approximate surface area is 143 Å². The standard InChI is InChI=1S/C15H17ClN4O2S/c1-8(2)14-19-20-15(23-14)18-12(21)9(3)17-13(22)10-6-4-5-7-11(10)16/h4-9H,1-3H3,(H,17,22)(H,18,20,21). The van der Waals surface area contributed by atoms with E-state index < -0.39 is 11.9 Å². The van der Waals surface area contributed by atoms with Crippen molar-refractivity contribution in [2.24, 2.45) is 0 Å². The normalized spacial score (nSPS) is 12.0. The zero-order valence-corrected chi connectivity index (χ0v) is 14.5. The van der Waals surface area contributed by atoms with Crippen molar-refractivity contribution in [2.45, 2.75) is 32.7 Å². The third-order valence-electron chi connectivity index (χ3n) is 3.02. The van der Waals surface area contributed by atoms with Crippen LogP contribution in [0.5, 0.6) is 0 Å². The van der Waals surface area contributed by atoms with Gasteiger partial charge in [0.05, 0.1) is 10.6 Å². The van der Waals surface area contributed by atoms with Crippen molar-refractivity contribution >= 4 is 39.9 Å². The van der Waals surface area contributed by atoms with Gasteiger partial charge < -0.3 is 5.32 Å². The lowest BCUT2D eigenvalue weighted by molar-refractivity contribution is -0.117. The van der Waals surface area contributed by atoms with Crippen molar-refractivity contribution in [3.05, 3.63) is 39.9 Å². The summed E-state index contributed by atoms with van der Waals surface area (Å²) in [7, 11) is 0. The molecule has 0 saturated heterocycles. The smallest absolute Gasteiger partial charge is 0.253 e. The number of hydrogen-bond acceptors (Lipinski definition) is 5. The first-order valence-electron chi connectivity index (χ1n) is 7.08. The first-order valence-corrected chi connectivity index (χ1v) is 8.27. The van der Waals surface area contributed by atoms with E-state index in [1.165, 1.54) is 11.3 Å². The largest absolute Gasteiger partial charge is 0.340 e. The van der Waals surface area contributed by atoms with Gasteiger partial charge in [0.1, 0.15) is 11.0 Å². The van der Waals surface area contributed by atoms with Crippen LogP contribution in [-0.4, -0.2) is 28.1 Å². The molecule has 23 heavy (non-hydrogen) atoms. The van der Waals surface area contributed by atoms with Gasteiger partial charge in [-0.3, -0.25) is 14.9 Å². The minimum atomic E-state index is -0.731. The van der Waals surface area contributed by atoms with E-state index >= 15 is 0 Å². The third-order valence-corrected chi connectivity index (χ3v) is 4.49. The molecular formula is C15H17ClN4O2S. The number of nitrogens with zero attached hydrogens (tertiary/aromatic N) is 2. The lowest BCUT2D eigenvalue weighted by atomic mass is 10.2. The SMILES string of the molecule is CC(NC(=O)c1ccccc1Cl)C(=O)Nc1nnc(C(C)C)s1. The summed E-state index contributed by atoms with van der Waals surface area (Å²) in [5.41, 5.74) is 0.326. The summed E-state index contributed by atoms with van der Waals surface area (Å²) >= 11 is 7.28. The summed E-state index contributed by atoms with van der Waals surface area (Å²) in [4.78, 5) is 24.2. The molecule has 8 heteroatoms. The number of halogens is 1. The van der Waals surface area contributed by atoms with Crippen molar-refractivity contribution in [3.63, 3.8) is 0 Å². The highest BCUT2D eigenvalue weighted by molar-refractivity contribution is 7.15. The number of nitrogens with one attached hydrogen (secondary N) is 2. The van der Waals surface area contributed by atoms with Crippen molar-refractivity contribution < 1.29 is 9.59 Å². The van der Waals surface area contributed by atoms with Gasteiger partial charge in [0.15, 0.2) is 0 Å². The average molecular weight is 353 g/mol. The Balaban J connectivity index is 1.97. The summed E-state index contributed by atoms with van der Waals surface area (Å²) in [6, 6.07) is 5.93. The predicted molar refractivity (Wildman–Crippen MR) is 91.0 cm³/mol. The molecule has 0 aliphatic heterocycles. The number of carbonyl (C=O) groups excluding carboxylic acids is 2. The van der Waals surface area contributed by atoms with Crippen LogP contribution in [0.3, 0.4) is 0 Å². The highest BCUT2D eigenvalue weighted by atomic mass is 35.5. The van der Waals surface area contributed by atoms with E-state index in [-0.39, 0.29) is 11.8 Å². The Morgan fingerprint density at radius 2 is 1.87 bits per heavy atom.